The first kappa shape index (κ1) is 13.4. The van der Waals surface area contributed by atoms with Crippen molar-refractivity contribution in [2.24, 2.45) is 0 Å². The summed E-state index contributed by atoms with van der Waals surface area (Å²) in [6, 6.07) is 14.0. The normalized spacial score (nSPS) is 19.9. The standard InChI is InChI=1S/C16H17ClN2O/c1-3-18-16(20-2)12-6-4-5-7-14(12)19-15-10-11(17)8-9-13(15)16/h4-10,18-19H,3H2,1-2H3. The molecule has 0 amide bonds. The zero-order chi connectivity index (χ0) is 14.2. The van der Waals surface area contributed by atoms with Gasteiger partial charge in [-0.25, -0.2) is 0 Å². The van der Waals surface area contributed by atoms with E-state index >= 15 is 0 Å². The summed E-state index contributed by atoms with van der Waals surface area (Å²) in [6.45, 7) is 2.87. The lowest BCUT2D eigenvalue weighted by molar-refractivity contribution is -0.00682. The Morgan fingerprint density at radius 1 is 1.15 bits per heavy atom. The van der Waals surface area contributed by atoms with Crippen LogP contribution in [0.5, 0.6) is 0 Å². The Morgan fingerprint density at radius 2 is 1.90 bits per heavy atom. The van der Waals surface area contributed by atoms with E-state index in [1.165, 1.54) is 0 Å². The number of methoxy groups -OCH3 is 1. The van der Waals surface area contributed by atoms with Gasteiger partial charge in [0.1, 0.15) is 0 Å². The van der Waals surface area contributed by atoms with Crippen LogP contribution in [-0.4, -0.2) is 13.7 Å². The summed E-state index contributed by atoms with van der Waals surface area (Å²) in [6.07, 6.45) is 0. The predicted molar refractivity (Wildman–Crippen MR) is 82.6 cm³/mol. The maximum Gasteiger partial charge on any atom is 0.175 e. The molecule has 1 heterocycles. The lowest BCUT2D eigenvalue weighted by atomic mass is 9.88. The van der Waals surface area contributed by atoms with Gasteiger partial charge in [0.25, 0.3) is 0 Å². The van der Waals surface area contributed by atoms with Gasteiger partial charge in [-0.15, -0.1) is 0 Å². The topological polar surface area (TPSA) is 33.3 Å². The molecule has 1 unspecified atom stereocenters. The SMILES string of the molecule is CCNC1(OC)c2ccccc2Nc2cc(Cl)ccc21. The second-order valence-electron chi connectivity index (χ2n) is 4.78. The van der Waals surface area contributed by atoms with Crippen LogP contribution >= 0.6 is 11.6 Å². The van der Waals surface area contributed by atoms with E-state index in [1.807, 2.05) is 36.4 Å². The minimum atomic E-state index is -0.642. The van der Waals surface area contributed by atoms with Crippen LogP contribution in [0.15, 0.2) is 42.5 Å². The molecule has 0 saturated heterocycles. The second kappa shape index (κ2) is 5.09. The highest BCUT2D eigenvalue weighted by Crippen LogP contribution is 2.45. The number of hydrogen-bond acceptors (Lipinski definition) is 3. The van der Waals surface area contributed by atoms with E-state index in [1.54, 1.807) is 7.11 Å². The predicted octanol–water partition coefficient (Wildman–Crippen LogP) is 3.85. The minimum Gasteiger partial charge on any atom is -0.355 e. The highest BCUT2D eigenvalue weighted by molar-refractivity contribution is 6.30. The van der Waals surface area contributed by atoms with Gasteiger partial charge in [-0.3, -0.25) is 5.32 Å². The molecule has 1 atom stereocenters. The summed E-state index contributed by atoms with van der Waals surface area (Å²) >= 11 is 6.12. The third kappa shape index (κ3) is 1.90. The van der Waals surface area contributed by atoms with Gasteiger partial charge in [0.2, 0.25) is 0 Å². The van der Waals surface area contributed by atoms with E-state index in [4.69, 9.17) is 16.3 Å². The lowest BCUT2D eigenvalue weighted by Gasteiger charge is -2.40. The maximum absolute atomic E-state index is 6.12. The highest BCUT2D eigenvalue weighted by atomic mass is 35.5. The molecule has 2 N–H and O–H groups in total. The van der Waals surface area contributed by atoms with Gasteiger partial charge >= 0.3 is 0 Å². The second-order valence-corrected chi connectivity index (χ2v) is 5.21. The Kier molecular flexibility index (Phi) is 3.42. The van der Waals surface area contributed by atoms with E-state index in [0.717, 1.165) is 29.0 Å². The number of anilines is 2. The molecule has 2 aromatic rings. The molecule has 3 rings (SSSR count). The van der Waals surface area contributed by atoms with Gasteiger partial charge < -0.3 is 10.1 Å². The third-order valence-electron chi connectivity index (χ3n) is 3.67. The molecule has 2 aromatic carbocycles. The molecule has 0 radical (unpaired) electrons. The van der Waals surface area contributed by atoms with Crippen molar-refractivity contribution < 1.29 is 4.74 Å². The number of fused-ring (bicyclic) bond motifs is 2. The highest BCUT2D eigenvalue weighted by Gasteiger charge is 2.40. The Labute approximate surface area is 123 Å². The van der Waals surface area contributed by atoms with E-state index < -0.39 is 5.72 Å². The molecule has 0 aliphatic carbocycles. The Balaban J connectivity index is 2.27. The maximum atomic E-state index is 6.12. The van der Waals surface area contributed by atoms with Crippen molar-refractivity contribution in [3.05, 3.63) is 58.6 Å². The number of benzene rings is 2. The fraction of sp³-hybridized carbons (Fsp3) is 0.250. The van der Waals surface area contributed by atoms with Crippen LogP contribution in [0.1, 0.15) is 18.1 Å². The number of ether oxygens (including phenoxy) is 1. The van der Waals surface area contributed by atoms with E-state index in [2.05, 4.69) is 23.6 Å². The van der Waals surface area contributed by atoms with Crippen LogP contribution in [0, 0.1) is 0 Å². The first-order valence-electron chi connectivity index (χ1n) is 6.68. The Bertz CT molecular complexity index is 644. The minimum absolute atomic E-state index is 0.642. The first-order valence-corrected chi connectivity index (χ1v) is 7.06. The quantitative estimate of drug-likeness (QED) is 0.842. The molecular weight excluding hydrogens is 272 g/mol. The molecule has 3 nitrogen and oxygen atoms in total. The van der Waals surface area contributed by atoms with E-state index in [-0.39, 0.29) is 0 Å². The van der Waals surface area contributed by atoms with Gasteiger partial charge in [0.05, 0.1) is 0 Å². The molecule has 0 aromatic heterocycles. The number of hydrogen-bond donors (Lipinski definition) is 2. The zero-order valence-electron chi connectivity index (χ0n) is 11.5. The smallest absolute Gasteiger partial charge is 0.175 e. The van der Waals surface area contributed by atoms with Crippen LogP contribution in [-0.2, 0) is 10.5 Å². The summed E-state index contributed by atoms with van der Waals surface area (Å²) in [5.74, 6) is 0. The van der Waals surface area contributed by atoms with E-state index in [0.29, 0.717) is 5.02 Å². The fourth-order valence-electron chi connectivity index (χ4n) is 2.85. The molecule has 0 bridgehead atoms. The van der Waals surface area contributed by atoms with E-state index in [9.17, 15) is 0 Å². The molecule has 1 aliphatic rings. The van der Waals surface area contributed by atoms with Crippen LogP contribution in [0.25, 0.3) is 0 Å². The molecule has 0 fully saturated rings. The van der Waals surface area contributed by atoms with Crippen molar-refractivity contribution in [2.75, 3.05) is 19.0 Å². The molecule has 20 heavy (non-hydrogen) atoms. The third-order valence-corrected chi connectivity index (χ3v) is 3.90. The molecule has 0 saturated carbocycles. The van der Waals surface area contributed by atoms with Crippen molar-refractivity contribution in [1.29, 1.82) is 0 Å². The van der Waals surface area contributed by atoms with Crippen LogP contribution < -0.4 is 10.6 Å². The fourth-order valence-corrected chi connectivity index (χ4v) is 3.02. The van der Waals surface area contributed by atoms with Crippen molar-refractivity contribution in [2.45, 2.75) is 12.6 Å². The molecule has 0 spiro atoms. The van der Waals surface area contributed by atoms with Gasteiger partial charge in [0.15, 0.2) is 5.72 Å². The van der Waals surface area contributed by atoms with Gasteiger partial charge in [-0.2, -0.15) is 0 Å². The van der Waals surface area contributed by atoms with Crippen molar-refractivity contribution in [3.8, 4) is 0 Å². The summed E-state index contributed by atoms with van der Waals surface area (Å²) in [5.41, 5.74) is 3.49. The largest absolute Gasteiger partial charge is 0.355 e. The monoisotopic (exact) mass is 288 g/mol. The van der Waals surface area contributed by atoms with Crippen LogP contribution in [0.2, 0.25) is 5.02 Å². The van der Waals surface area contributed by atoms with Gasteiger partial charge in [0, 0.05) is 34.6 Å². The average Bonchev–Trinajstić information content (AvgIpc) is 2.46. The van der Waals surface area contributed by atoms with Crippen LogP contribution in [0.4, 0.5) is 11.4 Å². The molecule has 4 heteroatoms. The summed E-state index contributed by atoms with van der Waals surface area (Å²) in [5, 5.41) is 7.60. The number of para-hydroxylation sites is 1. The first-order chi connectivity index (χ1) is 9.71. The van der Waals surface area contributed by atoms with Crippen molar-refractivity contribution in [3.63, 3.8) is 0 Å². The zero-order valence-corrected chi connectivity index (χ0v) is 12.3. The van der Waals surface area contributed by atoms with Gasteiger partial charge in [-0.05, 0) is 24.7 Å². The summed E-state index contributed by atoms with van der Waals surface area (Å²) in [4.78, 5) is 0. The molecule has 1 aliphatic heterocycles. The summed E-state index contributed by atoms with van der Waals surface area (Å²) < 4.78 is 5.92. The lowest BCUT2D eigenvalue weighted by Crippen LogP contribution is -2.47. The summed E-state index contributed by atoms with van der Waals surface area (Å²) in [7, 11) is 1.73. The number of rotatable bonds is 3. The average molecular weight is 289 g/mol. The van der Waals surface area contributed by atoms with Crippen LogP contribution in [0.3, 0.4) is 0 Å². The van der Waals surface area contributed by atoms with Gasteiger partial charge in [-0.1, -0.05) is 42.8 Å². The van der Waals surface area contributed by atoms with Crippen molar-refractivity contribution in [1.82, 2.24) is 5.32 Å². The molecular formula is C16H17ClN2O. The van der Waals surface area contributed by atoms with Crippen molar-refractivity contribution >= 4 is 23.0 Å². The number of halogens is 1. The molecule has 104 valence electrons. The Morgan fingerprint density at radius 3 is 2.65 bits per heavy atom. The number of nitrogens with one attached hydrogen (secondary N) is 2. The Hall–Kier alpha value is -1.55.